The summed E-state index contributed by atoms with van der Waals surface area (Å²) in [6.45, 7) is 2.79. The van der Waals surface area contributed by atoms with Crippen LogP contribution in [-0.4, -0.2) is 70.7 Å². The number of para-hydroxylation sites is 1. The van der Waals surface area contributed by atoms with Gasteiger partial charge in [0.2, 0.25) is 11.8 Å². The smallest absolute Gasteiger partial charge is 0.455 e. The number of amides is 2. The van der Waals surface area contributed by atoms with E-state index in [0.29, 0.717) is 19.3 Å². The summed E-state index contributed by atoms with van der Waals surface area (Å²) in [7, 11) is -1.06. The first kappa shape index (κ1) is 36.0. The van der Waals surface area contributed by atoms with Crippen molar-refractivity contribution in [2.75, 3.05) is 19.7 Å². The van der Waals surface area contributed by atoms with E-state index >= 15 is 0 Å². The van der Waals surface area contributed by atoms with E-state index in [2.05, 4.69) is 47.4 Å². The molecule has 276 valence electrons. The number of rotatable bonds is 11. The Labute approximate surface area is 317 Å². The summed E-state index contributed by atoms with van der Waals surface area (Å²) >= 11 is 0. The minimum atomic E-state index is -1.06. The van der Waals surface area contributed by atoms with Crippen molar-refractivity contribution in [3.05, 3.63) is 143 Å². The molecule has 4 atom stereocenters. The number of likely N-dealkylation sites (tertiary alicyclic amines) is 2. The van der Waals surface area contributed by atoms with Crippen LogP contribution >= 0.6 is 0 Å². The van der Waals surface area contributed by atoms with E-state index in [1.165, 1.54) is 5.56 Å². The van der Waals surface area contributed by atoms with Crippen LogP contribution in [0.2, 0.25) is 6.32 Å². The molecule has 1 aliphatic carbocycles. The SMILES string of the molecule is O=C1[C@@H]2[C@@H](CC(COc3ccccc3)=C3[C@@H](CC/C(=C/c4ccc(O)cc4)c4ccccc4)OB(O)C[C@@H]32)C(=O)N1C1CCN(Cc2ccccc2)CC1. The second kappa shape index (κ2) is 16.2. The first-order chi connectivity index (χ1) is 26.4. The molecular weight excluding hydrogens is 675 g/mol. The monoisotopic (exact) mass is 722 g/mol. The predicted octanol–water partition coefficient (Wildman–Crippen LogP) is 7.25. The molecule has 0 aromatic heterocycles. The van der Waals surface area contributed by atoms with E-state index < -0.39 is 25.1 Å². The lowest BCUT2D eigenvalue weighted by Crippen LogP contribution is -2.48. The number of phenols is 1. The van der Waals surface area contributed by atoms with E-state index in [1.54, 1.807) is 17.0 Å². The molecular formula is C45H47BN2O6. The van der Waals surface area contributed by atoms with Crippen LogP contribution in [0.4, 0.5) is 0 Å². The van der Waals surface area contributed by atoms with Crippen molar-refractivity contribution in [2.24, 2.45) is 17.8 Å². The number of hydrogen-bond acceptors (Lipinski definition) is 7. The molecule has 0 saturated carbocycles. The third-order valence-electron chi connectivity index (χ3n) is 11.7. The number of nitrogens with zero attached hydrogens (tertiary/aromatic N) is 2. The molecule has 8 nitrogen and oxygen atoms in total. The molecule has 2 amide bonds. The molecule has 3 heterocycles. The number of carbonyl (C=O) groups is 2. The predicted molar refractivity (Wildman–Crippen MR) is 210 cm³/mol. The van der Waals surface area contributed by atoms with Gasteiger partial charge in [0.05, 0.1) is 17.9 Å². The number of phenolic OH excluding ortho intramolecular Hbond substituents is 1. The molecule has 4 aromatic carbocycles. The third-order valence-corrected chi connectivity index (χ3v) is 11.7. The maximum Gasteiger partial charge on any atom is 0.455 e. The quantitative estimate of drug-likeness (QED) is 0.0729. The van der Waals surface area contributed by atoms with Crippen LogP contribution in [0, 0.1) is 17.8 Å². The maximum atomic E-state index is 14.5. The van der Waals surface area contributed by atoms with Crippen molar-refractivity contribution in [3.8, 4) is 11.5 Å². The van der Waals surface area contributed by atoms with Gasteiger partial charge >= 0.3 is 7.12 Å². The third kappa shape index (κ3) is 7.81. The summed E-state index contributed by atoms with van der Waals surface area (Å²) in [5.74, 6) is -0.568. The Morgan fingerprint density at radius 3 is 2.20 bits per heavy atom. The minimum Gasteiger partial charge on any atom is -0.508 e. The number of benzene rings is 4. The number of hydrogen-bond donors (Lipinski definition) is 2. The average Bonchev–Trinajstić information content (AvgIpc) is 3.45. The van der Waals surface area contributed by atoms with E-state index in [1.807, 2.05) is 66.7 Å². The highest BCUT2D eigenvalue weighted by Gasteiger charge is 2.58. The highest BCUT2D eigenvalue weighted by molar-refractivity contribution is 6.43. The van der Waals surface area contributed by atoms with Gasteiger partial charge in [0.25, 0.3) is 0 Å². The summed E-state index contributed by atoms with van der Waals surface area (Å²) in [6, 6.07) is 37.3. The van der Waals surface area contributed by atoms with Gasteiger partial charge in [-0.05, 0) is 102 Å². The first-order valence-electron chi connectivity index (χ1n) is 19.3. The fourth-order valence-corrected chi connectivity index (χ4v) is 9.16. The summed E-state index contributed by atoms with van der Waals surface area (Å²) < 4.78 is 12.7. The molecule has 3 fully saturated rings. The van der Waals surface area contributed by atoms with Gasteiger partial charge < -0.3 is 19.5 Å². The van der Waals surface area contributed by atoms with Crippen LogP contribution in [0.1, 0.15) is 48.8 Å². The second-order valence-electron chi connectivity index (χ2n) is 15.1. The molecule has 0 spiro atoms. The highest BCUT2D eigenvalue weighted by atomic mass is 16.5. The molecule has 8 rings (SSSR count). The van der Waals surface area contributed by atoms with Crippen LogP contribution in [0.3, 0.4) is 0 Å². The van der Waals surface area contributed by atoms with Gasteiger partial charge in [0.1, 0.15) is 18.1 Å². The summed E-state index contributed by atoms with van der Waals surface area (Å²) in [5.41, 5.74) is 6.40. The van der Waals surface area contributed by atoms with E-state index in [4.69, 9.17) is 9.39 Å². The average molecular weight is 723 g/mol. The van der Waals surface area contributed by atoms with Gasteiger partial charge in [-0.15, -0.1) is 0 Å². The second-order valence-corrected chi connectivity index (χ2v) is 15.1. The van der Waals surface area contributed by atoms with Gasteiger partial charge in [0, 0.05) is 25.7 Å². The Morgan fingerprint density at radius 2 is 1.50 bits per heavy atom. The molecule has 3 saturated heterocycles. The lowest BCUT2D eigenvalue weighted by atomic mass is 9.58. The van der Waals surface area contributed by atoms with Crippen LogP contribution in [0.5, 0.6) is 11.5 Å². The van der Waals surface area contributed by atoms with Crippen molar-refractivity contribution in [1.29, 1.82) is 0 Å². The first-order valence-corrected chi connectivity index (χ1v) is 19.3. The number of aromatic hydroxyl groups is 1. The topological polar surface area (TPSA) is 99.5 Å². The molecule has 0 radical (unpaired) electrons. The molecule has 0 bridgehead atoms. The number of ether oxygens (including phenoxy) is 1. The number of fused-ring (bicyclic) bond motifs is 3. The lowest BCUT2D eigenvalue weighted by Gasteiger charge is -2.43. The van der Waals surface area contributed by atoms with Crippen LogP contribution in [0.25, 0.3) is 11.6 Å². The van der Waals surface area contributed by atoms with E-state index in [9.17, 15) is 19.7 Å². The van der Waals surface area contributed by atoms with Crippen LogP contribution < -0.4 is 4.74 Å². The Morgan fingerprint density at radius 1 is 0.833 bits per heavy atom. The number of piperidine rings is 1. The van der Waals surface area contributed by atoms with Crippen molar-refractivity contribution >= 4 is 30.6 Å². The number of imide groups is 1. The largest absolute Gasteiger partial charge is 0.508 e. The maximum absolute atomic E-state index is 14.5. The fourth-order valence-electron chi connectivity index (χ4n) is 9.16. The molecule has 4 aromatic rings. The van der Waals surface area contributed by atoms with Gasteiger partial charge in [0.15, 0.2) is 0 Å². The lowest BCUT2D eigenvalue weighted by molar-refractivity contribution is -0.144. The van der Waals surface area contributed by atoms with Gasteiger partial charge in [-0.25, -0.2) is 0 Å². The normalized spacial score (nSPS) is 23.8. The Balaban J connectivity index is 1.06. The Bertz CT molecular complexity index is 1980. The molecule has 4 aliphatic rings. The van der Waals surface area contributed by atoms with Crippen molar-refractivity contribution in [2.45, 2.75) is 57.1 Å². The van der Waals surface area contributed by atoms with Crippen molar-refractivity contribution < 1.29 is 29.1 Å². The summed E-state index contributed by atoms with van der Waals surface area (Å²) in [5, 5.41) is 21.1. The number of carbonyl (C=O) groups excluding carboxylic acids is 2. The summed E-state index contributed by atoms with van der Waals surface area (Å²) in [4.78, 5) is 32.9. The minimum absolute atomic E-state index is 0.0801. The molecule has 54 heavy (non-hydrogen) atoms. The molecule has 3 aliphatic heterocycles. The van der Waals surface area contributed by atoms with Crippen LogP contribution in [-0.2, 0) is 20.8 Å². The van der Waals surface area contributed by atoms with E-state index in [0.717, 1.165) is 66.1 Å². The molecule has 2 N–H and O–H groups in total. The Hall–Kier alpha value is -4.96. The van der Waals surface area contributed by atoms with Crippen molar-refractivity contribution in [3.63, 3.8) is 0 Å². The zero-order valence-electron chi connectivity index (χ0n) is 30.5. The van der Waals surface area contributed by atoms with Crippen LogP contribution in [0.15, 0.2) is 126 Å². The molecule has 9 heteroatoms. The van der Waals surface area contributed by atoms with Gasteiger partial charge in [-0.3, -0.25) is 19.4 Å². The summed E-state index contributed by atoms with van der Waals surface area (Å²) in [6.07, 6.45) is 5.07. The fraction of sp³-hybridized carbons (Fsp3) is 0.333. The zero-order chi connectivity index (χ0) is 37.0. The van der Waals surface area contributed by atoms with Gasteiger partial charge in [-0.2, -0.15) is 0 Å². The Kier molecular flexibility index (Phi) is 10.8. The highest BCUT2D eigenvalue weighted by Crippen LogP contribution is 2.51. The molecule has 0 unspecified atom stereocenters. The van der Waals surface area contributed by atoms with E-state index in [-0.39, 0.29) is 42.5 Å². The standard InChI is InChI=1S/C45H47BN2O6/c49-37-19-16-31(17-20-37)26-34(33-12-6-2-7-13-33)18-21-41-42-35(30-53-38-14-8-3-9-15-38)27-39-43(40(42)28-46(52)54-41)45(51)48(44(39)50)36-22-24-47(25-23-36)29-32-10-4-1-5-11-32/h1-17,19-20,26,36,39-41,43,49,52H,18,21-25,27-30H2/b34-26-/t39-,40+,41-,43-/m1/s1. The van der Waals surface area contributed by atoms with Gasteiger partial charge in [-0.1, -0.05) is 97.1 Å². The van der Waals surface area contributed by atoms with Crippen molar-refractivity contribution in [1.82, 2.24) is 9.80 Å². The number of allylic oxidation sites excluding steroid dienone is 1. The zero-order valence-corrected chi connectivity index (χ0v) is 30.5.